The standard InChI is InChI=1S/C14H19BrN4OS/c1-4-16-14(17-6-12-5-11(15)8-21-12)18-7-13-9(2)19-20-10(13)3/h5,8H,4,6-7H2,1-3H3,(H2,16,17,18). The summed E-state index contributed by atoms with van der Waals surface area (Å²) in [5.74, 6) is 1.62. The molecule has 0 saturated carbocycles. The van der Waals surface area contributed by atoms with Crippen LogP contribution in [0.15, 0.2) is 25.4 Å². The molecule has 2 aromatic heterocycles. The lowest BCUT2D eigenvalue weighted by Crippen LogP contribution is -2.36. The van der Waals surface area contributed by atoms with E-state index in [9.17, 15) is 0 Å². The maximum absolute atomic E-state index is 5.16. The quantitative estimate of drug-likeness (QED) is 0.625. The molecule has 0 saturated heterocycles. The summed E-state index contributed by atoms with van der Waals surface area (Å²) in [4.78, 5) is 5.84. The van der Waals surface area contributed by atoms with Crippen LogP contribution in [0, 0.1) is 13.8 Å². The molecule has 0 fully saturated rings. The number of aliphatic imine (C=N–C) groups is 1. The molecule has 0 bridgehead atoms. The van der Waals surface area contributed by atoms with E-state index in [1.165, 1.54) is 4.88 Å². The zero-order valence-corrected chi connectivity index (χ0v) is 14.8. The summed E-state index contributed by atoms with van der Waals surface area (Å²) in [6.07, 6.45) is 0. The van der Waals surface area contributed by atoms with Gasteiger partial charge in [-0.15, -0.1) is 11.3 Å². The molecule has 0 amide bonds. The van der Waals surface area contributed by atoms with Crippen molar-refractivity contribution in [2.75, 3.05) is 6.54 Å². The van der Waals surface area contributed by atoms with Crippen LogP contribution in [-0.4, -0.2) is 17.7 Å². The lowest BCUT2D eigenvalue weighted by molar-refractivity contribution is 0.392. The highest BCUT2D eigenvalue weighted by Crippen LogP contribution is 2.19. The summed E-state index contributed by atoms with van der Waals surface area (Å²) < 4.78 is 6.27. The van der Waals surface area contributed by atoms with Crippen LogP contribution >= 0.6 is 27.3 Å². The average Bonchev–Trinajstić information content (AvgIpc) is 3.00. The van der Waals surface area contributed by atoms with Gasteiger partial charge in [0, 0.05) is 26.8 Å². The third kappa shape index (κ3) is 4.57. The minimum absolute atomic E-state index is 0.560. The van der Waals surface area contributed by atoms with Crippen LogP contribution in [0.3, 0.4) is 0 Å². The Balaban J connectivity index is 1.99. The van der Waals surface area contributed by atoms with Crippen molar-refractivity contribution in [3.05, 3.63) is 37.8 Å². The van der Waals surface area contributed by atoms with Gasteiger partial charge in [-0.25, -0.2) is 4.99 Å². The lowest BCUT2D eigenvalue weighted by atomic mass is 10.2. The van der Waals surface area contributed by atoms with Gasteiger partial charge in [0.25, 0.3) is 0 Å². The Kier molecular flexibility index (Phi) is 5.81. The Morgan fingerprint density at radius 3 is 2.81 bits per heavy atom. The molecule has 114 valence electrons. The highest BCUT2D eigenvalue weighted by Gasteiger charge is 2.08. The topological polar surface area (TPSA) is 62.5 Å². The van der Waals surface area contributed by atoms with Crippen molar-refractivity contribution >= 4 is 33.2 Å². The van der Waals surface area contributed by atoms with Crippen molar-refractivity contribution in [1.29, 1.82) is 0 Å². The molecule has 0 unspecified atom stereocenters. The average molecular weight is 371 g/mol. The van der Waals surface area contributed by atoms with E-state index >= 15 is 0 Å². The maximum Gasteiger partial charge on any atom is 0.191 e. The Bertz CT molecular complexity index is 601. The van der Waals surface area contributed by atoms with Crippen LogP contribution in [-0.2, 0) is 13.1 Å². The van der Waals surface area contributed by atoms with E-state index in [0.29, 0.717) is 6.54 Å². The summed E-state index contributed by atoms with van der Waals surface area (Å²) in [6.45, 7) is 8.03. The van der Waals surface area contributed by atoms with Crippen molar-refractivity contribution in [2.45, 2.75) is 33.9 Å². The first-order chi connectivity index (χ1) is 10.1. The van der Waals surface area contributed by atoms with E-state index in [4.69, 9.17) is 4.52 Å². The molecule has 0 aromatic carbocycles. The number of thiophene rings is 1. The number of hydrogen-bond acceptors (Lipinski definition) is 4. The lowest BCUT2D eigenvalue weighted by Gasteiger charge is -2.10. The molecule has 0 atom stereocenters. The molecule has 5 nitrogen and oxygen atoms in total. The largest absolute Gasteiger partial charge is 0.361 e. The van der Waals surface area contributed by atoms with E-state index in [1.54, 1.807) is 11.3 Å². The number of hydrogen-bond donors (Lipinski definition) is 2. The number of rotatable bonds is 5. The van der Waals surface area contributed by atoms with Gasteiger partial charge < -0.3 is 15.2 Å². The zero-order chi connectivity index (χ0) is 15.2. The summed E-state index contributed by atoms with van der Waals surface area (Å²) in [5, 5.41) is 12.6. The fourth-order valence-corrected chi connectivity index (χ4v) is 3.24. The Morgan fingerprint density at radius 1 is 1.43 bits per heavy atom. The van der Waals surface area contributed by atoms with Crippen LogP contribution in [0.2, 0.25) is 0 Å². The molecule has 0 spiro atoms. The molecule has 2 rings (SSSR count). The van der Waals surface area contributed by atoms with Crippen LogP contribution in [0.4, 0.5) is 0 Å². The highest BCUT2D eigenvalue weighted by molar-refractivity contribution is 9.10. The molecule has 0 aliphatic heterocycles. The summed E-state index contributed by atoms with van der Waals surface area (Å²) in [6, 6.07) is 2.11. The van der Waals surface area contributed by atoms with Crippen LogP contribution < -0.4 is 10.6 Å². The van der Waals surface area contributed by atoms with Crippen molar-refractivity contribution in [2.24, 2.45) is 4.99 Å². The number of nitrogens with one attached hydrogen (secondary N) is 2. The van der Waals surface area contributed by atoms with Gasteiger partial charge in [0.1, 0.15) is 5.76 Å². The number of nitrogens with zero attached hydrogens (tertiary/aromatic N) is 2. The van der Waals surface area contributed by atoms with Gasteiger partial charge in [0.15, 0.2) is 5.96 Å². The summed E-state index contributed by atoms with van der Waals surface area (Å²) in [7, 11) is 0. The molecule has 2 aromatic rings. The SMILES string of the molecule is CCNC(=NCc1c(C)noc1C)NCc1cc(Br)cs1. The third-order valence-corrected chi connectivity index (χ3v) is 4.67. The minimum Gasteiger partial charge on any atom is -0.361 e. The summed E-state index contributed by atoms with van der Waals surface area (Å²) >= 11 is 5.18. The van der Waals surface area contributed by atoms with E-state index in [0.717, 1.165) is 40.5 Å². The normalized spacial score (nSPS) is 11.7. The Hall–Kier alpha value is -1.34. The van der Waals surface area contributed by atoms with Crippen LogP contribution in [0.5, 0.6) is 0 Å². The van der Waals surface area contributed by atoms with Gasteiger partial charge in [0.05, 0.1) is 18.8 Å². The molecule has 21 heavy (non-hydrogen) atoms. The van der Waals surface area contributed by atoms with Crippen LogP contribution in [0.25, 0.3) is 0 Å². The van der Waals surface area contributed by atoms with Gasteiger partial charge in [0.2, 0.25) is 0 Å². The minimum atomic E-state index is 0.560. The van der Waals surface area contributed by atoms with Crippen molar-refractivity contribution < 1.29 is 4.52 Å². The first-order valence-electron chi connectivity index (χ1n) is 6.77. The molecule has 2 heterocycles. The Morgan fingerprint density at radius 2 is 2.24 bits per heavy atom. The number of aromatic nitrogens is 1. The third-order valence-electron chi connectivity index (χ3n) is 2.97. The predicted molar refractivity (Wildman–Crippen MR) is 89.7 cm³/mol. The van der Waals surface area contributed by atoms with Gasteiger partial charge >= 0.3 is 0 Å². The fraction of sp³-hybridized carbons (Fsp3) is 0.429. The van der Waals surface area contributed by atoms with Gasteiger partial charge in [-0.3, -0.25) is 0 Å². The number of halogens is 1. The number of aryl methyl sites for hydroxylation is 2. The molecular formula is C14H19BrN4OS. The van der Waals surface area contributed by atoms with Gasteiger partial charge in [-0.05, 0) is 42.8 Å². The first kappa shape index (κ1) is 16.0. The summed E-state index contributed by atoms with van der Waals surface area (Å²) in [5.41, 5.74) is 1.94. The van der Waals surface area contributed by atoms with Crippen molar-refractivity contribution in [3.63, 3.8) is 0 Å². The second-order valence-electron chi connectivity index (χ2n) is 4.58. The molecular weight excluding hydrogens is 352 g/mol. The van der Waals surface area contributed by atoms with E-state index in [1.807, 2.05) is 13.8 Å². The van der Waals surface area contributed by atoms with E-state index in [2.05, 4.69) is 55.1 Å². The smallest absolute Gasteiger partial charge is 0.191 e. The van der Waals surface area contributed by atoms with E-state index in [-0.39, 0.29) is 0 Å². The van der Waals surface area contributed by atoms with Gasteiger partial charge in [-0.1, -0.05) is 5.16 Å². The molecule has 0 aliphatic carbocycles. The Labute approximate surface area is 137 Å². The van der Waals surface area contributed by atoms with Crippen molar-refractivity contribution in [1.82, 2.24) is 15.8 Å². The van der Waals surface area contributed by atoms with E-state index < -0.39 is 0 Å². The molecule has 0 radical (unpaired) electrons. The number of guanidine groups is 1. The van der Waals surface area contributed by atoms with Gasteiger partial charge in [-0.2, -0.15) is 0 Å². The van der Waals surface area contributed by atoms with Crippen LogP contribution in [0.1, 0.15) is 28.8 Å². The molecule has 0 aliphatic rings. The van der Waals surface area contributed by atoms with Crippen molar-refractivity contribution in [3.8, 4) is 0 Å². The zero-order valence-electron chi connectivity index (χ0n) is 12.4. The highest BCUT2D eigenvalue weighted by atomic mass is 79.9. The first-order valence-corrected chi connectivity index (χ1v) is 8.44. The second-order valence-corrected chi connectivity index (χ2v) is 6.49. The monoisotopic (exact) mass is 370 g/mol. The predicted octanol–water partition coefficient (Wildman–Crippen LogP) is 3.37. The maximum atomic E-state index is 5.16. The molecule has 2 N–H and O–H groups in total. The fourth-order valence-electron chi connectivity index (χ4n) is 1.84. The second kappa shape index (κ2) is 7.61. The molecule has 7 heteroatoms.